The lowest BCUT2D eigenvalue weighted by molar-refractivity contribution is 0.779. The van der Waals surface area contributed by atoms with Gasteiger partial charge in [-0.15, -0.1) is 0 Å². The molecule has 2 heterocycles. The number of aromatic amines is 1. The van der Waals surface area contributed by atoms with Crippen LogP contribution in [-0.2, 0) is 13.6 Å². The van der Waals surface area contributed by atoms with E-state index in [0.29, 0.717) is 0 Å². The van der Waals surface area contributed by atoms with E-state index in [4.69, 9.17) is 0 Å². The second-order valence-corrected chi connectivity index (χ2v) is 4.88. The van der Waals surface area contributed by atoms with E-state index in [2.05, 4.69) is 64.5 Å². The fourth-order valence-electron chi connectivity index (χ4n) is 2.58. The first-order valence-electron chi connectivity index (χ1n) is 6.45. The Kier molecular flexibility index (Phi) is 2.87. The number of rotatable bonds is 3. The van der Waals surface area contributed by atoms with Crippen molar-refractivity contribution in [1.29, 1.82) is 0 Å². The molecule has 0 saturated carbocycles. The van der Waals surface area contributed by atoms with E-state index in [0.717, 1.165) is 17.9 Å². The molecule has 0 spiro atoms. The van der Waals surface area contributed by atoms with Crippen LogP contribution in [0.15, 0.2) is 30.5 Å². The van der Waals surface area contributed by atoms with Crippen molar-refractivity contribution in [2.45, 2.75) is 13.5 Å². The lowest BCUT2D eigenvalue weighted by Gasteiger charge is -1.99. The van der Waals surface area contributed by atoms with Gasteiger partial charge >= 0.3 is 0 Å². The zero-order valence-corrected chi connectivity index (χ0v) is 11.5. The molecule has 0 amide bonds. The van der Waals surface area contributed by atoms with Crippen molar-refractivity contribution in [1.82, 2.24) is 20.1 Å². The quantitative estimate of drug-likeness (QED) is 0.754. The molecule has 0 fully saturated rings. The normalized spacial score (nSPS) is 11.3. The minimum absolute atomic E-state index is 0.809. The summed E-state index contributed by atoms with van der Waals surface area (Å²) in [6.45, 7) is 2.93. The fourth-order valence-corrected chi connectivity index (χ4v) is 2.58. The minimum atomic E-state index is 0.809. The Labute approximate surface area is 112 Å². The van der Waals surface area contributed by atoms with E-state index >= 15 is 0 Å². The molecule has 0 aliphatic rings. The third kappa shape index (κ3) is 1.85. The number of hydrogen-bond donors (Lipinski definition) is 2. The summed E-state index contributed by atoms with van der Waals surface area (Å²) < 4.78 is 2.15. The van der Waals surface area contributed by atoms with Crippen LogP contribution in [0.5, 0.6) is 0 Å². The van der Waals surface area contributed by atoms with Crippen LogP contribution in [0.1, 0.15) is 11.3 Å². The molecule has 0 bridgehead atoms. The molecule has 19 heavy (non-hydrogen) atoms. The summed E-state index contributed by atoms with van der Waals surface area (Å²) in [4.78, 5) is 0. The smallest absolute Gasteiger partial charge is 0.0974 e. The number of hydrogen-bond acceptors (Lipinski definition) is 2. The van der Waals surface area contributed by atoms with Gasteiger partial charge in [0, 0.05) is 36.3 Å². The first-order chi connectivity index (χ1) is 9.22. The molecule has 4 nitrogen and oxygen atoms in total. The largest absolute Gasteiger partial charge is 0.350 e. The van der Waals surface area contributed by atoms with Gasteiger partial charge in [0.15, 0.2) is 0 Å². The second kappa shape index (κ2) is 4.55. The van der Waals surface area contributed by atoms with Crippen molar-refractivity contribution < 1.29 is 0 Å². The number of H-pyrrole nitrogens is 1. The Bertz CT molecular complexity index is 721. The summed E-state index contributed by atoms with van der Waals surface area (Å²) in [5.74, 6) is 0. The molecule has 0 aliphatic carbocycles. The standard InChI is InChI=1S/C15H18N4/c1-10-13(8-16-2)17-18-15(10)12-9-19(3)14-7-5-4-6-11(12)14/h4-7,9,16H,8H2,1-3H3,(H,17,18). The Morgan fingerprint density at radius 1 is 1.32 bits per heavy atom. The summed E-state index contributed by atoms with van der Waals surface area (Å²) in [6, 6.07) is 8.42. The number of nitrogens with zero attached hydrogens (tertiary/aromatic N) is 2. The molecule has 3 aromatic rings. The second-order valence-electron chi connectivity index (χ2n) is 4.88. The highest BCUT2D eigenvalue weighted by Crippen LogP contribution is 2.31. The molecular formula is C15H18N4. The van der Waals surface area contributed by atoms with E-state index in [1.807, 2.05) is 7.05 Å². The van der Waals surface area contributed by atoms with Gasteiger partial charge in [-0.05, 0) is 25.6 Å². The van der Waals surface area contributed by atoms with Crippen LogP contribution in [0.2, 0.25) is 0 Å². The molecule has 3 rings (SSSR count). The highest BCUT2D eigenvalue weighted by Gasteiger charge is 2.15. The molecule has 98 valence electrons. The first-order valence-corrected chi connectivity index (χ1v) is 6.45. The summed E-state index contributed by atoms with van der Waals surface area (Å²) in [7, 11) is 4.01. The Hall–Kier alpha value is -2.07. The maximum Gasteiger partial charge on any atom is 0.0974 e. The van der Waals surface area contributed by atoms with Gasteiger partial charge in [0.2, 0.25) is 0 Å². The van der Waals surface area contributed by atoms with Crippen LogP contribution in [0.3, 0.4) is 0 Å². The van der Waals surface area contributed by atoms with Crippen molar-refractivity contribution in [2.75, 3.05) is 7.05 Å². The Morgan fingerprint density at radius 3 is 2.89 bits per heavy atom. The van der Waals surface area contributed by atoms with Crippen LogP contribution in [0.25, 0.3) is 22.2 Å². The van der Waals surface area contributed by atoms with E-state index < -0.39 is 0 Å². The number of nitrogens with one attached hydrogen (secondary N) is 2. The summed E-state index contributed by atoms with van der Waals surface area (Å²) in [5, 5.41) is 12.0. The maximum atomic E-state index is 4.49. The average molecular weight is 254 g/mol. The molecule has 2 N–H and O–H groups in total. The monoisotopic (exact) mass is 254 g/mol. The van der Waals surface area contributed by atoms with Gasteiger partial charge < -0.3 is 9.88 Å². The molecule has 1 aromatic carbocycles. The van der Waals surface area contributed by atoms with Crippen molar-refractivity contribution in [3.63, 3.8) is 0 Å². The summed E-state index contributed by atoms with van der Waals surface area (Å²) >= 11 is 0. The van der Waals surface area contributed by atoms with Crippen molar-refractivity contribution in [3.05, 3.63) is 41.7 Å². The summed E-state index contributed by atoms with van der Waals surface area (Å²) in [6.07, 6.45) is 2.15. The average Bonchev–Trinajstić information content (AvgIpc) is 2.93. The van der Waals surface area contributed by atoms with E-state index in [1.165, 1.54) is 22.0 Å². The molecule has 4 heteroatoms. The Morgan fingerprint density at radius 2 is 2.11 bits per heavy atom. The lowest BCUT2D eigenvalue weighted by Crippen LogP contribution is -2.06. The number of para-hydroxylation sites is 1. The molecule has 0 atom stereocenters. The van der Waals surface area contributed by atoms with Gasteiger partial charge in [-0.2, -0.15) is 5.10 Å². The van der Waals surface area contributed by atoms with Crippen LogP contribution in [-0.4, -0.2) is 21.8 Å². The van der Waals surface area contributed by atoms with Crippen molar-refractivity contribution >= 4 is 10.9 Å². The van der Waals surface area contributed by atoms with Gasteiger partial charge in [0.05, 0.1) is 11.4 Å². The molecule has 0 radical (unpaired) electrons. The van der Waals surface area contributed by atoms with Gasteiger partial charge in [0.1, 0.15) is 0 Å². The molecule has 2 aromatic heterocycles. The van der Waals surface area contributed by atoms with Gasteiger partial charge in [0.25, 0.3) is 0 Å². The molecular weight excluding hydrogens is 236 g/mol. The molecule has 0 aliphatic heterocycles. The number of fused-ring (bicyclic) bond motifs is 1. The van der Waals surface area contributed by atoms with E-state index in [9.17, 15) is 0 Å². The number of aromatic nitrogens is 3. The van der Waals surface area contributed by atoms with Crippen molar-refractivity contribution in [2.24, 2.45) is 7.05 Å². The molecule has 0 saturated heterocycles. The van der Waals surface area contributed by atoms with Gasteiger partial charge in [-0.3, -0.25) is 5.10 Å². The maximum absolute atomic E-state index is 4.49. The minimum Gasteiger partial charge on any atom is -0.350 e. The van der Waals surface area contributed by atoms with Gasteiger partial charge in [-0.25, -0.2) is 0 Å². The van der Waals surface area contributed by atoms with E-state index in [-0.39, 0.29) is 0 Å². The van der Waals surface area contributed by atoms with Crippen molar-refractivity contribution in [3.8, 4) is 11.3 Å². The SMILES string of the molecule is CNCc1[nH]nc(-c2cn(C)c3ccccc23)c1C. The number of benzene rings is 1. The third-order valence-electron chi connectivity index (χ3n) is 3.62. The fraction of sp³-hybridized carbons (Fsp3) is 0.267. The van der Waals surface area contributed by atoms with Crippen LogP contribution in [0, 0.1) is 6.92 Å². The van der Waals surface area contributed by atoms with Crippen LogP contribution < -0.4 is 5.32 Å². The third-order valence-corrected chi connectivity index (χ3v) is 3.62. The van der Waals surface area contributed by atoms with Crippen LogP contribution in [0.4, 0.5) is 0 Å². The molecule has 0 unspecified atom stereocenters. The number of aryl methyl sites for hydroxylation is 1. The predicted octanol–water partition coefficient (Wildman–Crippen LogP) is 2.60. The predicted molar refractivity (Wildman–Crippen MR) is 78.0 cm³/mol. The van der Waals surface area contributed by atoms with Gasteiger partial charge in [-0.1, -0.05) is 18.2 Å². The highest BCUT2D eigenvalue weighted by atomic mass is 15.1. The summed E-state index contributed by atoms with van der Waals surface area (Å²) in [5.41, 5.74) is 5.82. The zero-order chi connectivity index (χ0) is 13.4. The zero-order valence-electron chi connectivity index (χ0n) is 11.5. The Balaban J connectivity index is 2.19. The van der Waals surface area contributed by atoms with Crippen LogP contribution >= 0.6 is 0 Å². The highest BCUT2D eigenvalue weighted by molar-refractivity contribution is 5.95. The first kappa shape index (κ1) is 12.0. The topological polar surface area (TPSA) is 45.6 Å². The van der Waals surface area contributed by atoms with E-state index in [1.54, 1.807) is 0 Å². The lowest BCUT2D eigenvalue weighted by atomic mass is 10.1.